The van der Waals surface area contributed by atoms with E-state index in [2.05, 4.69) is 12.3 Å². The second-order valence-electron chi connectivity index (χ2n) is 4.66. The van der Waals surface area contributed by atoms with Crippen LogP contribution in [0.3, 0.4) is 0 Å². The van der Waals surface area contributed by atoms with Gasteiger partial charge in [0, 0.05) is 27.6 Å². The fourth-order valence-corrected chi connectivity index (χ4v) is 5.20. The van der Waals surface area contributed by atoms with Crippen LogP contribution in [0.1, 0.15) is 24.1 Å². The van der Waals surface area contributed by atoms with Crippen molar-refractivity contribution in [3.63, 3.8) is 0 Å². The first-order valence-electron chi connectivity index (χ1n) is 6.20. The second-order valence-corrected chi connectivity index (χ2v) is 7.43. The van der Waals surface area contributed by atoms with Gasteiger partial charge in [-0.15, -0.1) is 0 Å². The van der Waals surface area contributed by atoms with Crippen LogP contribution in [0.4, 0.5) is 8.78 Å². The van der Waals surface area contributed by atoms with Crippen molar-refractivity contribution < 1.29 is 8.78 Å². The Kier molecular flexibility index (Phi) is 5.11. The Bertz CT molecular complexity index is 457. The minimum absolute atomic E-state index is 0.139. The largest absolute Gasteiger partial charge is 0.271 e. The normalized spacial score (nSPS) is 25.3. The van der Waals surface area contributed by atoms with Crippen LogP contribution in [0.5, 0.6) is 0 Å². The maximum Gasteiger partial charge on any atom is 0.163 e. The molecule has 0 radical (unpaired) electrons. The van der Waals surface area contributed by atoms with Gasteiger partial charge < -0.3 is 0 Å². The molecule has 0 amide bonds. The fourth-order valence-electron chi connectivity index (χ4n) is 2.28. The highest BCUT2D eigenvalue weighted by Gasteiger charge is 2.33. The molecule has 6 heteroatoms. The van der Waals surface area contributed by atoms with Gasteiger partial charge in [0.25, 0.3) is 0 Å². The van der Waals surface area contributed by atoms with Crippen molar-refractivity contribution >= 4 is 23.5 Å². The third-order valence-corrected chi connectivity index (χ3v) is 6.58. The summed E-state index contributed by atoms with van der Waals surface area (Å²) in [6, 6.07) is 2.86. The molecule has 1 aromatic rings. The van der Waals surface area contributed by atoms with Crippen molar-refractivity contribution in [2.24, 2.45) is 5.84 Å². The third kappa shape index (κ3) is 3.07. The predicted molar refractivity (Wildman–Crippen MR) is 79.3 cm³/mol. The lowest BCUT2D eigenvalue weighted by atomic mass is 10.00. The van der Waals surface area contributed by atoms with E-state index in [9.17, 15) is 8.78 Å². The lowest BCUT2D eigenvalue weighted by molar-refractivity contribution is 0.454. The van der Waals surface area contributed by atoms with Crippen LogP contribution < -0.4 is 11.3 Å². The van der Waals surface area contributed by atoms with Crippen LogP contribution in [0.25, 0.3) is 0 Å². The highest BCUT2D eigenvalue weighted by atomic mass is 32.2. The van der Waals surface area contributed by atoms with E-state index in [1.807, 2.05) is 11.8 Å². The first kappa shape index (κ1) is 15.1. The summed E-state index contributed by atoms with van der Waals surface area (Å²) in [6.45, 7) is 3.66. The summed E-state index contributed by atoms with van der Waals surface area (Å²) in [5.74, 6) is 6.12. The van der Waals surface area contributed by atoms with Crippen molar-refractivity contribution in [2.45, 2.75) is 30.4 Å². The molecular formula is C13H18F2N2S2. The number of hydrogen-bond donors (Lipinski definition) is 2. The SMILES string of the molecule is Cc1ccc(C(NN)C2SCCSC2C)c(F)c1F. The molecule has 1 heterocycles. The van der Waals surface area contributed by atoms with Crippen molar-refractivity contribution in [1.29, 1.82) is 0 Å². The quantitative estimate of drug-likeness (QED) is 0.665. The first-order chi connectivity index (χ1) is 9.06. The topological polar surface area (TPSA) is 38.0 Å². The molecule has 1 aliphatic rings. The second kappa shape index (κ2) is 6.43. The van der Waals surface area contributed by atoms with E-state index in [0.717, 1.165) is 11.5 Å². The van der Waals surface area contributed by atoms with Gasteiger partial charge >= 0.3 is 0 Å². The smallest absolute Gasteiger partial charge is 0.163 e. The van der Waals surface area contributed by atoms with Gasteiger partial charge in [-0.2, -0.15) is 23.5 Å². The Morgan fingerprint density at radius 1 is 1.26 bits per heavy atom. The van der Waals surface area contributed by atoms with Gasteiger partial charge in [-0.1, -0.05) is 19.1 Å². The van der Waals surface area contributed by atoms with Crippen molar-refractivity contribution in [2.75, 3.05) is 11.5 Å². The maximum absolute atomic E-state index is 14.1. The van der Waals surface area contributed by atoms with E-state index in [1.165, 1.54) is 0 Å². The zero-order valence-corrected chi connectivity index (χ0v) is 12.6. The van der Waals surface area contributed by atoms with E-state index in [1.54, 1.807) is 30.8 Å². The molecule has 1 aromatic carbocycles. The predicted octanol–water partition coefficient (Wildman–Crippen LogP) is 3.01. The van der Waals surface area contributed by atoms with Crippen molar-refractivity contribution in [3.8, 4) is 0 Å². The highest BCUT2D eigenvalue weighted by Crippen LogP contribution is 2.39. The summed E-state index contributed by atoms with van der Waals surface area (Å²) >= 11 is 3.61. The van der Waals surface area contributed by atoms with Gasteiger partial charge in [0.05, 0.1) is 6.04 Å². The molecule has 0 aromatic heterocycles. The number of aryl methyl sites for hydroxylation is 1. The number of hydrogen-bond acceptors (Lipinski definition) is 4. The van der Waals surface area contributed by atoms with Crippen LogP contribution >= 0.6 is 23.5 Å². The van der Waals surface area contributed by atoms with Crippen molar-refractivity contribution in [1.82, 2.24) is 5.43 Å². The van der Waals surface area contributed by atoms with E-state index in [-0.39, 0.29) is 11.3 Å². The molecule has 2 rings (SSSR count). The van der Waals surface area contributed by atoms with E-state index in [0.29, 0.717) is 16.4 Å². The summed E-state index contributed by atoms with van der Waals surface area (Å²) in [5, 5.41) is 0.490. The Labute approximate surface area is 120 Å². The number of benzene rings is 1. The lowest BCUT2D eigenvalue weighted by Crippen LogP contribution is -2.41. The van der Waals surface area contributed by atoms with Crippen LogP contribution in [-0.4, -0.2) is 22.0 Å². The van der Waals surface area contributed by atoms with E-state index in [4.69, 9.17) is 5.84 Å². The Balaban J connectivity index is 2.34. The van der Waals surface area contributed by atoms with Gasteiger partial charge in [-0.05, 0) is 12.5 Å². The molecule has 2 nitrogen and oxygen atoms in total. The molecule has 19 heavy (non-hydrogen) atoms. The molecule has 0 spiro atoms. The zero-order valence-electron chi connectivity index (χ0n) is 11.0. The Hall–Kier alpha value is -0.300. The van der Waals surface area contributed by atoms with Crippen LogP contribution in [0.2, 0.25) is 0 Å². The maximum atomic E-state index is 14.1. The van der Waals surface area contributed by atoms with E-state index >= 15 is 0 Å². The van der Waals surface area contributed by atoms with Gasteiger partial charge in [0.2, 0.25) is 0 Å². The molecule has 1 aliphatic heterocycles. The minimum atomic E-state index is -0.786. The molecule has 3 unspecified atom stereocenters. The lowest BCUT2D eigenvalue weighted by Gasteiger charge is -2.34. The van der Waals surface area contributed by atoms with Gasteiger partial charge in [0.1, 0.15) is 0 Å². The summed E-state index contributed by atoms with van der Waals surface area (Å²) in [5.41, 5.74) is 3.30. The fraction of sp³-hybridized carbons (Fsp3) is 0.538. The summed E-state index contributed by atoms with van der Waals surface area (Å²) < 4.78 is 27.8. The molecule has 1 fully saturated rings. The van der Waals surface area contributed by atoms with E-state index < -0.39 is 11.6 Å². The minimum Gasteiger partial charge on any atom is -0.271 e. The first-order valence-corrected chi connectivity index (χ1v) is 8.29. The van der Waals surface area contributed by atoms with Crippen molar-refractivity contribution in [3.05, 3.63) is 34.9 Å². The standard InChI is InChI=1S/C13H18F2N2S2/c1-7-3-4-9(11(15)10(7)14)12(17-16)13-8(2)18-5-6-19-13/h3-4,8,12-13,17H,5-6,16H2,1-2H3. The van der Waals surface area contributed by atoms with Gasteiger partial charge in [-0.25, -0.2) is 8.78 Å². The molecule has 3 atom stereocenters. The molecule has 0 bridgehead atoms. The molecular weight excluding hydrogens is 286 g/mol. The Morgan fingerprint density at radius 2 is 1.95 bits per heavy atom. The molecule has 0 saturated carbocycles. The van der Waals surface area contributed by atoms with Gasteiger partial charge in [0.15, 0.2) is 11.6 Å². The summed E-state index contributed by atoms with van der Waals surface area (Å²) in [7, 11) is 0. The number of thioether (sulfide) groups is 2. The number of nitrogens with two attached hydrogens (primary N) is 1. The molecule has 0 aliphatic carbocycles. The average molecular weight is 304 g/mol. The molecule has 3 N–H and O–H groups in total. The van der Waals surface area contributed by atoms with Gasteiger partial charge in [-0.3, -0.25) is 11.3 Å². The molecule has 1 saturated heterocycles. The Morgan fingerprint density at radius 3 is 2.58 bits per heavy atom. The monoisotopic (exact) mass is 304 g/mol. The number of hydrazine groups is 1. The number of rotatable bonds is 3. The number of halogens is 2. The summed E-state index contributed by atoms with van der Waals surface area (Å²) in [4.78, 5) is 0. The van der Waals surface area contributed by atoms with Crippen LogP contribution in [0.15, 0.2) is 12.1 Å². The highest BCUT2D eigenvalue weighted by molar-refractivity contribution is 8.07. The molecule has 106 valence electrons. The average Bonchev–Trinajstić information content (AvgIpc) is 2.41. The summed E-state index contributed by atoms with van der Waals surface area (Å²) in [6.07, 6.45) is 0. The number of nitrogens with one attached hydrogen (secondary N) is 1. The van der Waals surface area contributed by atoms with Crippen LogP contribution in [-0.2, 0) is 0 Å². The third-order valence-electron chi connectivity index (χ3n) is 3.39. The van der Waals surface area contributed by atoms with Crippen LogP contribution in [0, 0.1) is 18.6 Å². The zero-order chi connectivity index (χ0) is 14.0.